The summed E-state index contributed by atoms with van der Waals surface area (Å²) in [5, 5.41) is 8.68. The SMILES string of the molecule is C=Cc1ccc(C[n+]2ccn(CC(=O)O)c2)cc1. The third kappa shape index (κ3) is 3.07. The van der Waals surface area contributed by atoms with E-state index >= 15 is 0 Å². The van der Waals surface area contributed by atoms with E-state index in [1.165, 1.54) is 5.56 Å². The Bertz CT molecular complexity index is 555. The van der Waals surface area contributed by atoms with Crippen LogP contribution in [-0.2, 0) is 17.9 Å². The molecular weight excluding hydrogens is 228 g/mol. The minimum absolute atomic E-state index is 0.0115. The molecule has 0 atom stereocenters. The van der Waals surface area contributed by atoms with Crippen LogP contribution in [-0.4, -0.2) is 15.6 Å². The van der Waals surface area contributed by atoms with Gasteiger partial charge in [-0.15, -0.1) is 0 Å². The molecule has 92 valence electrons. The summed E-state index contributed by atoms with van der Waals surface area (Å²) in [6.07, 6.45) is 7.21. The number of hydrogen-bond acceptors (Lipinski definition) is 1. The summed E-state index contributed by atoms with van der Waals surface area (Å²) in [5.74, 6) is -0.840. The zero-order valence-corrected chi connectivity index (χ0v) is 9.99. The average Bonchev–Trinajstić information content (AvgIpc) is 2.76. The van der Waals surface area contributed by atoms with Crippen molar-refractivity contribution < 1.29 is 14.5 Å². The van der Waals surface area contributed by atoms with Gasteiger partial charge in [0.15, 0.2) is 6.54 Å². The molecule has 0 radical (unpaired) electrons. The molecule has 0 fully saturated rings. The fourth-order valence-electron chi connectivity index (χ4n) is 1.75. The van der Waals surface area contributed by atoms with E-state index < -0.39 is 5.97 Å². The van der Waals surface area contributed by atoms with Crippen LogP contribution in [0.3, 0.4) is 0 Å². The predicted molar refractivity (Wildman–Crippen MR) is 67.9 cm³/mol. The number of benzene rings is 1. The zero-order valence-electron chi connectivity index (χ0n) is 9.99. The molecule has 1 heterocycles. The van der Waals surface area contributed by atoms with Crippen molar-refractivity contribution in [1.29, 1.82) is 0 Å². The van der Waals surface area contributed by atoms with Gasteiger partial charge in [-0.2, -0.15) is 0 Å². The van der Waals surface area contributed by atoms with E-state index in [9.17, 15) is 4.79 Å². The van der Waals surface area contributed by atoms with Crippen LogP contribution in [0.15, 0.2) is 49.6 Å². The Morgan fingerprint density at radius 3 is 2.72 bits per heavy atom. The van der Waals surface area contributed by atoms with Crippen molar-refractivity contribution in [2.45, 2.75) is 13.1 Å². The number of aliphatic carboxylic acids is 1. The summed E-state index contributed by atoms with van der Waals surface area (Å²) in [6, 6.07) is 8.10. The summed E-state index contributed by atoms with van der Waals surface area (Å²) in [6.45, 7) is 4.43. The van der Waals surface area contributed by atoms with Crippen molar-refractivity contribution in [1.82, 2.24) is 4.57 Å². The van der Waals surface area contributed by atoms with Crippen molar-refractivity contribution >= 4 is 12.0 Å². The molecule has 0 saturated heterocycles. The van der Waals surface area contributed by atoms with Crippen LogP contribution in [0.4, 0.5) is 0 Å². The molecule has 0 unspecified atom stereocenters. The highest BCUT2D eigenvalue weighted by Gasteiger charge is 2.07. The van der Waals surface area contributed by atoms with E-state index in [2.05, 4.69) is 6.58 Å². The minimum atomic E-state index is -0.840. The molecule has 1 aromatic carbocycles. The Morgan fingerprint density at radius 1 is 1.39 bits per heavy atom. The summed E-state index contributed by atoms with van der Waals surface area (Å²) < 4.78 is 3.59. The van der Waals surface area contributed by atoms with Gasteiger partial charge >= 0.3 is 5.97 Å². The summed E-state index contributed by atoms with van der Waals surface area (Å²) in [7, 11) is 0. The van der Waals surface area contributed by atoms with Gasteiger partial charge in [-0.25, -0.2) is 13.9 Å². The van der Waals surface area contributed by atoms with Crippen LogP contribution in [0, 0.1) is 0 Å². The molecule has 2 aromatic rings. The molecule has 0 aliphatic heterocycles. The highest BCUT2D eigenvalue weighted by atomic mass is 16.4. The Hall–Kier alpha value is -2.36. The van der Waals surface area contributed by atoms with E-state index in [1.807, 2.05) is 35.0 Å². The lowest BCUT2D eigenvalue weighted by atomic mass is 10.1. The highest BCUT2D eigenvalue weighted by molar-refractivity contribution is 5.66. The fourth-order valence-corrected chi connectivity index (χ4v) is 1.75. The average molecular weight is 243 g/mol. The van der Waals surface area contributed by atoms with Gasteiger partial charge in [-0.1, -0.05) is 36.9 Å². The minimum Gasteiger partial charge on any atom is -0.478 e. The third-order valence-corrected chi connectivity index (χ3v) is 2.64. The Balaban J connectivity index is 2.06. The third-order valence-electron chi connectivity index (χ3n) is 2.64. The molecule has 4 heteroatoms. The van der Waals surface area contributed by atoms with Gasteiger partial charge in [0.25, 0.3) is 0 Å². The number of rotatable bonds is 5. The summed E-state index contributed by atoms with van der Waals surface area (Å²) in [4.78, 5) is 10.6. The van der Waals surface area contributed by atoms with Crippen LogP contribution in [0.25, 0.3) is 6.08 Å². The van der Waals surface area contributed by atoms with E-state index in [1.54, 1.807) is 23.2 Å². The van der Waals surface area contributed by atoms with E-state index in [0.29, 0.717) is 0 Å². The maximum atomic E-state index is 10.6. The molecule has 2 rings (SSSR count). The molecule has 4 nitrogen and oxygen atoms in total. The lowest BCUT2D eigenvalue weighted by Gasteiger charge is -1.98. The number of aromatic nitrogens is 2. The lowest BCUT2D eigenvalue weighted by molar-refractivity contribution is -0.687. The molecule has 0 aliphatic carbocycles. The van der Waals surface area contributed by atoms with E-state index in [4.69, 9.17) is 5.11 Å². The number of imidazole rings is 1. The van der Waals surface area contributed by atoms with Gasteiger partial charge < -0.3 is 5.11 Å². The van der Waals surface area contributed by atoms with Gasteiger partial charge in [0.05, 0.1) is 0 Å². The van der Waals surface area contributed by atoms with Crippen molar-refractivity contribution in [3.63, 3.8) is 0 Å². The van der Waals surface area contributed by atoms with Crippen LogP contribution in [0.1, 0.15) is 11.1 Å². The first kappa shape index (κ1) is 12.1. The van der Waals surface area contributed by atoms with Gasteiger partial charge in [-0.3, -0.25) is 0 Å². The highest BCUT2D eigenvalue weighted by Crippen LogP contribution is 2.05. The van der Waals surface area contributed by atoms with Crippen molar-refractivity contribution in [3.8, 4) is 0 Å². The Kier molecular flexibility index (Phi) is 3.57. The smallest absolute Gasteiger partial charge is 0.346 e. The quantitative estimate of drug-likeness (QED) is 0.810. The van der Waals surface area contributed by atoms with E-state index in [0.717, 1.165) is 12.1 Å². The molecule has 0 bridgehead atoms. The standard InChI is InChI=1S/C14H14N2O2/c1-2-12-3-5-13(6-4-12)9-15-7-8-16(11-15)10-14(17)18/h2-8,11H,1,9-10H2/p+1. The first-order valence-corrected chi connectivity index (χ1v) is 5.65. The molecule has 1 aromatic heterocycles. The van der Waals surface area contributed by atoms with Crippen molar-refractivity contribution in [3.05, 3.63) is 60.7 Å². The van der Waals surface area contributed by atoms with Gasteiger partial charge in [0.1, 0.15) is 18.9 Å². The normalized spacial score (nSPS) is 10.2. The van der Waals surface area contributed by atoms with Crippen LogP contribution < -0.4 is 4.57 Å². The first-order chi connectivity index (χ1) is 8.67. The van der Waals surface area contributed by atoms with Crippen molar-refractivity contribution in [2.24, 2.45) is 0 Å². The second-order valence-corrected chi connectivity index (χ2v) is 4.10. The topological polar surface area (TPSA) is 46.1 Å². The molecule has 1 N–H and O–H groups in total. The predicted octanol–water partition coefficient (Wildman–Crippen LogP) is 1.55. The molecule has 18 heavy (non-hydrogen) atoms. The molecule has 0 aliphatic rings. The summed E-state index contributed by atoms with van der Waals surface area (Å²) in [5.41, 5.74) is 2.26. The first-order valence-electron chi connectivity index (χ1n) is 5.65. The maximum absolute atomic E-state index is 10.6. The fraction of sp³-hybridized carbons (Fsp3) is 0.143. The molecule has 0 spiro atoms. The van der Waals surface area contributed by atoms with Gasteiger partial charge in [0.2, 0.25) is 6.33 Å². The largest absolute Gasteiger partial charge is 0.478 e. The van der Waals surface area contributed by atoms with Crippen LogP contribution in [0.2, 0.25) is 0 Å². The monoisotopic (exact) mass is 243 g/mol. The number of carboxylic acid groups (broad SMARTS) is 1. The number of carboxylic acids is 1. The molecular formula is C14H15N2O2+. The number of carbonyl (C=O) groups is 1. The van der Waals surface area contributed by atoms with Crippen LogP contribution in [0.5, 0.6) is 0 Å². The number of hydrogen-bond donors (Lipinski definition) is 1. The van der Waals surface area contributed by atoms with Gasteiger partial charge in [0, 0.05) is 0 Å². The van der Waals surface area contributed by atoms with Crippen molar-refractivity contribution in [2.75, 3.05) is 0 Å². The van der Waals surface area contributed by atoms with Crippen LogP contribution >= 0.6 is 0 Å². The zero-order chi connectivity index (χ0) is 13.0. The Morgan fingerprint density at radius 2 is 2.11 bits per heavy atom. The molecule has 0 saturated carbocycles. The maximum Gasteiger partial charge on any atom is 0.346 e. The second-order valence-electron chi connectivity index (χ2n) is 4.10. The number of nitrogens with zero attached hydrogens (tertiary/aromatic N) is 2. The van der Waals surface area contributed by atoms with Gasteiger partial charge in [-0.05, 0) is 11.1 Å². The molecule has 0 amide bonds. The lowest BCUT2D eigenvalue weighted by Crippen LogP contribution is -2.31. The van der Waals surface area contributed by atoms with E-state index in [-0.39, 0.29) is 6.54 Å². The second kappa shape index (κ2) is 5.31. The summed E-state index contributed by atoms with van der Waals surface area (Å²) >= 11 is 0. The Labute approximate surface area is 105 Å².